The third-order valence-electron chi connectivity index (χ3n) is 4.82. The predicted molar refractivity (Wildman–Crippen MR) is 85.7 cm³/mol. The van der Waals surface area contributed by atoms with Crippen LogP contribution in [-0.2, 0) is 10.2 Å². The fourth-order valence-electron chi connectivity index (χ4n) is 3.72. The summed E-state index contributed by atoms with van der Waals surface area (Å²) < 4.78 is 11.9. The van der Waals surface area contributed by atoms with Gasteiger partial charge in [0.15, 0.2) is 0 Å². The van der Waals surface area contributed by atoms with Crippen molar-refractivity contribution in [3.63, 3.8) is 0 Å². The van der Waals surface area contributed by atoms with Crippen molar-refractivity contribution in [3.8, 4) is 5.75 Å². The first-order valence-corrected chi connectivity index (χ1v) is 7.52. The molecule has 0 saturated carbocycles. The molecule has 3 heterocycles. The first kappa shape index (κ1) is 11.9. The molecule has 3 heteroatoms. The summed E-state index contributed by atoms with van der Waals surface area (Å²) in [5.74, 6) is 1.84. The third kappa shape index (κ3) is 1.40. The van der Waals surface area contributed by atoms with Gasteiger partial charge in [0.05, 0.1) is 17.2 Å². The smallest absolute Gasteiger partial charge is 0.141 e. The molecule has 0 radical (unpaired) electrons. The lowest BCUT2D eigenvalue weighted by molar-refractivity contribution is 0.299. The average molecular weight is 289 g/mol. The van der Waals surface area contributed by atoms with Gasteiger partial charge in [0.2, 0.25) is 0 Å². The Hall–Kier alpha value is -2.68. The molecule has 3 aliphatic rings. The van der Waals surface area contributed by atoms with Gasteiger partial charge in [0, 0.05) is 17.8 Å². The highest BCUT2D eigenvalue weighted by Gasteiger charge is 2.45. The van der Waals surface area contributed by atoms with E-state index in [-0.39, 0.29) is 5.41 Å². The zero-order chi connectivity index (χ0) is 14.6. The van der Waals surface area contributed by atoms with E-state index in [1.807, 2.05) is 24.5 Å². The number of anilines is 1. The molecule has 0 aromatic heterocycles. The average Bonchev–Trinajstić information content (AvgIpc) is 2.95. The molecule has 2 aromatic carbocycles. The van der Waals surface area contributed by atoms with E-state index in [0.29, 0.717) is 6.61 Å². The SMILES string of the molecule is C1=CC2(CNc3ccccc32)C2=C(O1)c1ccccc1OC2. The van der Waals surface area contributed by atoms with Crippen molar-refractivity contribution in [3.05, 3.63) is 77.6 Å². The Labute approximate surface area is 128 Å². The summed E-state index contributed by atoms with van der Waals surface area (Å²) in [7, 11) is 0. The Morgan fingerprint density at radius 1 is 1.00 bits per heavy atom. The summed E-state index contributed by atoms with van der Waals surface area (Å²) in [6.45, 7) is 1.41. The summed E-state index contributed by atoms with van der Waals surface area (Å²) >= 11 is 0. The van der Waals surface area contributed by atoms with Crippen LogP contribution in [-0.4, -0.2) is 13.2 Å². The van der Waals surface area contributed by atoms with Crippen LogP contribution in [0.1, 0.15) is 11.1 Å². The normalized spacial score (nSPS) is 24.0. The van der Waals surface area contributed by atoms with E-state index in [1.54, 1.807) is 0 Å². The van der Waals surface area contributed by atoms with E-state index in [2.05, 4.69) is 41.7 Å². The zero-order valence-electron chi connectivity index (χ0n) is 12.0. The van der Waals surface area contributed by atoms with E-state index >= 15 is 0 Å². The maximum Gasteiger partial charge on any atom is 0.141 e. The van der Waals surface area contributed by atoms with Gasteiger partial charge in [-0.3, -0.25) is 0 Å². The van der Waals surface area contributed by atoms with Crippen molar-refractivity contribution in [2.45, 2.75) is 5.41 Å². The lowest BCUT2D eigenvalue weighted by atomic mass is 9.73. The Balaban J connectivity index is 1.76. The van der Waals surface area contributed by atoms with Crippen molar-refractivity contribution in [1.29, 1.82) is 0 Å². The summed E-state index contributed by atoms with van der Waals surface area (Å²) in [4.78, 5) is 0. The van der Waals surface area contributed by atoms with Gasteiger partial charge in [-0.25, -0.2) is 0 Å². The first-order chi connectivity index (χ1) is 10.9. The molecule has 22 heavy (non-hydrogen) atoms. The highest BCUT2D eigenvalue weighted by molar-refractivity contribution is 5.78. The van der Waals surface area contributed by atoms with Gasteiger partial charge in [-0.2, -0.15) is 0 Å². The highest BCUT2D eigenvalue weighted by Crippen LogP contribution is 2.50. The van der Waals surface area contributed by atoms with E-state index < -0.39 is 0 Å². The predicted octanol–water partition coefficient (Wildman–Crippen LogP) is 3.70. The topological polar surface area (TPSA) is 30.5 Å². The lowest BCUT2D eigenvalue weighted by Crippen LogP contribution is -2.36. The van der Waals surface area contributed by atoms with Crippen LogP contribution in [0.25, 0.3) is 5.76 Å². The molecule has 1 N–H and O–H groups in total. The van der Waals surface area contributed by atoms with Gasteiger partial charge in [0.25, 0.3) is 0 Å². The summed E-state index contributed by atoms with van der Waals surface area (Å²) in [6.07, 6.45) is 3.98. The molecule has 3 aliphatic heterocycles. The molecule has 0 fully saturated rings. The molecule has 0 amide bonds. The molecule has 1 atom stereocenters. The van der Waals surface area contributed by atoms with Crippen LogP contribution in [0.3, 0.4) is 0 Å². The monoisotopic (exact) mass is 289 g/mol. The van der Waals surface area contributed by atoms with Crippen LogP contribution in [0, 0.1) is 0 Å². The summed E-state index contributed by atoms with van der Waals surface area (Å²) in [5, 5.41) is 3.52. The Morgan fingerprint density at radius 2 is 1.86 bits per heavy atom. The van der Waals surface area contributed by atoms with Gasteiger partial charge in [-0.1, -0.05) is 30.3 Å². The second-order valence-electron chi connectivity index (χ2n) is 5.88. The van der Waals surface area contributed by atoms with E-state index in [4.69, 9.17) is 9.47 Å². The van der Waals surface area contributed by atoms with Crippen molar-refractivity contribution in [2.75, 3.05) is 18.5 Å². The number of hydrogen-bond acceptors (Lipinski definition) is 3. The summed E-state index contributed by atoms with van der Waals surface area (Å²) in [5.41, 5.74) is 4.56. The standard InChI is InChI=1S/C19H15NO2/c1-4-8-17-13(5-1)18-15(11-22-17)19(9-10-21-18)12-20-16-7-3-2-6-14(16)19/h1-10,20H,11-12H2. The Bertz CT molecular complexity index is 837. The maximum atomic E-state index is 6.00. The number of para-hydroxylation sites is 2. The number of nitrogens with one attached hydrogen (secondary N) is 1. The number of benzene rings is 2. The van der Waals surface area contributed by atoms with Crippen molar-refractivity contribution in [1.82, 2.24) is 0 Å². The van der Waals surface area contributed by atoms with E-state index in [0.717, 1.165) is 23.6 Å². The Kier molecular flexibility index (Phi) is 2.26. The number of hydrogen-bond donors (Lipinski definition) is 1. The molecule has 1 unspecified atom stereocenters. The highest BCUT2D eigenvalue weighted by atomic mass is 16.5. The van der Waals surface area contributed by atoms with Crippen molar-refractivity contribution < 1.29 is 9.47 Å². The van der Waals surface area contributed by atoms with Crippen molar-refractivity contribution in [2.24, 2.45) is 0 Å². The molecule has 3 nitrogen and oxygen atoms in total. The van der Waals surface area contributed by atoms with Crippen LogP contribution < -0.4 is 10.1 Å². The fourth-order valence-corrected chi connectivity index (χ4v) is 3.72. The summed E-state index contributed by atoms with van der Waals surface area (Å²) in [6, 6.07) is 16.5. The molecule has 0 bridgehead atoms. The number of fused-ring (bicyclic) bond motifs is 5. The molecule has 0 aliphatic carbocycles. The molecular weight excluding hydrogens is 274 g/mol. The van der Waals surface area contributed by atoms with Crippen LogP contribution in [0.15, 0.2) is 66.4 Å². The number of ether oxygens (including phenoxy) is 2. The largest absolute Gasteiger partial charge is 0.488 e. The molecule has 2 aromatic rings. The van der Waals surface area contributed by atoms with Gasteiger partial charge < -0.3 is 14.8 Å². The minimum atomic E-state index is -0.169. The van der Waals surface area contributed by atoms with Crippen LogP contribution in [0.4, 0.5) is 5.69 Å². The minimum absolute atomic E-state index is 0.169. The van der Waals surface area contributed by atoms with E-state index in [9.17, 15) is 0 Å². The van der Waals surface area contributed by atoms with Gasteiger partial charge in [-0.15, -0.1) is 0 Å². The van der Waals surface area contributed by atoms with Gasteiger partial charge in [-0.05, 0) is 29.8 Å². The second kappa shape index (κ2) is 4.17. The molecule has 0 saturated heterocycles. The van der Waals surface area contributed by atoms with E-state index in [1.165, 1.54) is 16.8 Å². The third-order valence-corrected chi connectivity index (χ3v) is 4.82. The van der Waals surface area contributed by atoms with Gasteiger partial charge >= 0.3 is 0 Å². The van der Waals surface area contributed by atoms with Crippen LogP contribution in [0.2, 0.25) is 0 Å². The fraction of sp³-hybridized carbons (Fsp3) is 0.158. The molecule has 108 valence electrons. The lowest BCUT2D eigenvalue weighted by Gasteiger charge is -2.36. The molecular formula is C19H15NO2. The quantitative estimate of drug-likeness (QED) is 0.802. The van der Waals surface area contributed by atoms with Crippen molar-refractivity contribution >= 4 is 11.4 Å². The Morgan fingerprint density at radius 3 is 2.86 bits per heavy atom. The molecule has 1 spiro atoms. The molecule has 5 rings (SSSR count). The van der Waals surface area contributed by atoms with Crippen LogP contribution in [0.5, 0.6) is 5.75 Å². The first-order valence-electron chi connectivity index (χ1n) is 7.52. The second-order valence-corrected chi connectivity index (χ2v) is 5.88. The maximum absolute atomic E-state index is 6.00. The number of rotatable bonds is 0. The minimum Gasteiger partial charge on any atom is -0.488 e. The van der Waals surface area contributed by atoms with Gasteiger partial charge in [0.1, 0.15) is 18.1 Å². The zero-order valence-corrected chi connectivity index (χ0v) is 12.0. The van der Waals surface area contributed by atoms with Crippen LogP contribution >= 0.6 is 0 Å².